The predicted molar refractivity (Wildman–Crippen MR) is 81.6 cm³/mol. The summed E-state index contributed by atoms with van der Waals surface area (Å²) in [6, 6.07) is 4.83. The summed E-state index contributed by atoms with van der Waals surface area (Å²) in [5.41, 5.74) is 0.793. The number of hydrogen-bond donors (Lipinski definition) is 1. The van der Waals surface area contributed by atoms with E-state index in [1.807, 2.05) is 13.8 Å². The zero-order chi connectivity index (χ0) is 15.4. The third-order valence-corrected chi connectivity index (χ3v) is 3.91. The van der Waals surface area contributed by atoms with Crippen molar-refractivity contribution in [2.75, 3.05) is 18.4 Å². The smallest absolute Gasteiger partial charge is 0.282 e. The van der Waals surface area contributed by atoms with E-state index in [9.17, 15) is 14.9 Å². The molecule has 6 nitrogen and oxygen atoms in total. The highest BCUT2D eigenvalue weighted by atomic mass is 16.6. The van der Waals surface area contributed by atoms with Crippen molar-refractivity contribution in [3.8, 4) is 0 Å². The Balaban J connectivity index is 2.37. The van der Waals surface area contributed by atoms with Crippen LogP contribution in [0.5, 0.6) is 0 Å². The van der Waals surface area contributed by atoms with Crippen LogP contribution in [0.4, 0.5) is 11.4 Å². The van der Waals surface area contributed by atoms with Gasteiger partial charge in [0.2, 0.25) is 0 Å². The van der Waals surface area contributed by atoms with Crippen LogP contribution in [0, 0.1) is 10.1 Å². The number of benzene rings is 1. The Morgan fingerprint density at radius 2 is 2.24 bits per heavy atom. The van der Waals surface area contributed by atoms with Crippen LogP contribution in [0.2, 0.25) is 0 Å². The maximum atomic E-state index is 12.7. The van der Waals surface area contributed by atoms with Gasteiger partial charge in [0.05, 0.1) is 4.92 Å². The fraction of sp³-hybridized carbons (Fsp3) is 0.533. The molecule has 0 saturated carbocycles. The predicted octanol–water partition coefficient (Wildman–Crippen LogP) is 3.04. The van der Waals surface area contributed by atoms with Gasteiger partial charge in [0.1, 0.15) is 5.56 Å². The minimum atomic E-state index is -0.486. The summed E-state index contributed by atoms with van der Waals surface area (Å²) < 4.78 is 0. The summed E-state index contributed by atoms with van der Waals surface area (Å²) in [5, 5.41) is 14.3. The minimum Gasteiger partial charge on any atom is -0.385 e. The first-order chi connectivity index (χ1) is 10.1. The molecule has 0 spiro atoms. The summed E-state index contributed by atoms with van der Waals surface area (Å²) in [6.45, 7) is 5.36. The molecule has 21 heavy (non-hydrogen) atoms. The first-order valence-electron chi connectivity index (χ1n) is 7.41. The maximum Gasteiger partial charge on any atom is 0.282 e. The molecule has 1 aliphatic rings. The lowest BCUT2D eigenvalue weighted by Gasteiger charge is -2.23. The van der Waals surface area contributed by atoms with Crippen molar-refractivity contribution in [2.45, 2.75) is 39.2 Å². The first kappa shape index (κ1) is 15.3. The van der Waals surface area contributed by atoms with Gasteiger partial charge in [-0.05, 0) is 38.3 Å². The quantitative estimate of drug-likeness (QED) is 0.668. The van der Waals surface area contributed by atoms with Crippen molar-refractivity contribution >= 4 is 17.3 Å². The van der Waals surface area contributed by atoms with E-state index in [0.29, 0.717) is 13.1 Å². The molecule has 0 bridgehead atoms. The first-order valence-corrected chi connectivity index (χ1v) is 7.41. The molecular weight excluding hydrogens is 270 g/mol. The number of carbonyl (C=O) groups is 1. The third-order valence-electron chi connectivity index (χ3n) is 3.91. The SMILES string of the molecule is CCNc1ccc([N+](=O)[O-])c(C(=O)N2CCCC2CC)c1. The van der Waals surface area contributed by atoms with Gasteiger partial charge in [-0.3, -0.25) is 14.9 Å². The van der Waals surface area contributed by atoms with Crippen LogP contribution in [0.25, 0.3) is 0 Å². The maximum absolute atomic E-state index is 12.7. The van der Waals surface area contributed by atoms with E-state index in [1.54, 1.807) is 17.0 Å². The van der Waals surface area contributed by atoms with Crippen LogP contribution in [0.1, 0.15) is 43.5 Å². The number of likely N-dealkylation sites (tertiary alicyclic amines) is 1. The lowest BCUT2D eigenvalue weighted by molar-refractivity contribution is -0.385. The molecule has 1 aromatic rings. The highest BCUT2D eigenvalue weighted by Crippen LogP contribution is 2.28. The number of nitro groups is 1. The molecular formula is C15H21N3O3. The fourth-order valence-electron chi connectivity index (χ4n) is 2.86. The second-order valence-electron chi connectivity index (χ2n) is 5.22. The van der Waals surface area contributed by atoms with E-state index in [4.69, 9.17) is 0 Å². The Kier molecular flexibility index (Phi) is 4.77. The van der Waals surface area contributed by atoms with Gasteiger partial charge in [-0.1, -0.05) is 6.92 Å². The summed E-state index contributed by atoms with van der Waals surface area (Å²) in [4.78, 5) is 25.2. The zero-order valence-electron chi connectivity index (χ0n) is 12.5. The molecule has 114 valence electrons. The molecule has 0 aromatic heterocycles. The summed E-state index contributed by atoms with van der Waals surface area (Å²) in [6.07, 6.45) is 2.82. The van der Waals surface area contributed by atoms with Crippen LogP contribution in [0.15, 0.2) is 18.2 Å². The van der Waals surface area contributed by atoms with Crippen molar-refractivity contribution < 1.29 is 9.72 Å². The third kappa shape index (κ3) is 3.15. The van der Waals surface area contributed by atoms with E-state index in [-0.39, 0.29) is 23.2 Å². The van der Waals surface area contributed by atoms with E-state index in [1.165, 1.54) is 6.07 Å². The van der Waals surface area contributed by atoms with Gasteiger partial charge in [0, 0.05) is 30.9 Å². The Bertz CT molecular complexity index is 545. The van der Waals surface area contributed by atoms with Gasteiger partial charge < -0.3 is 10.2 Å². The lowest BCUT2D eigenvalue weighted by Crippen LogP contribution is -2.35. The molecule has 1 fully saturated rings. The topological polar surface area (TPSA) is 75.5 Å². The largest absolute Gasteiger partial charge is 0.385 e. The van der Waals surface area contributed by atoms with Crippen LogP contribution >= 0.6 is 0 Å². The molecule has 1 aromatic carbocycles. The zero-order valence-corrected chi connectivity index (χ0v) is 12.5. The van der Waals surface area contributed by atoms with Crippen LogP contribution in [0.3, 0.4) is 0 Å². The molecule has 1 aliphatic heterocycles. The van der Waals surface area contributed by atoms with Crippen LogP contribution < -0.4 is 5.32 Å². The average Bonchev–Trinajstić information content (AvgIpc) is 2.95. The summed E-state index contributed by atoms with van der Waals surface area (Å²) in [5.74, 6) is -0.231. The van der Waals surface area contributed by atoms with E-state index < -0.39 is 4.92 Å². The van der Waals surface area contributed by atoms with Crippen molar-refractivity contribution in [2.24, 2.45) is 0 Å². The molecule has 1 saturated heterocycles. The Morgan fingerprint density at radius 1 is 1.48 bits per heavy atom. The van der Waals surface area contributed by atoms with Crippen molar-refractivity contribution in [1.29, 1.82) is 0 Å². The fourth-order valence-corrected chi connectivity index (χ4v) is 2.86. The van der Waals surface area contributed by atoms with Crippen LogP contribution in [-0.2, 0) is 0 Å². The molecule has 1 heterocycles. The molecule has 1 N–H and O–H groups in total. The minimum absolute atomic E-state index is 0.122. The Labute approximate surface area is 124 Å². The molecule has 2 rings (SSSR count). The molecule has 0 aliphatic carbocycles. The van der Waals surface area contributed by atoms with Crippen molar-refractivity contribution in [3.63, 3.8) is 0 Å². The number of nitrogens with zero attached hydrogens (tertiary/aromatic N) is 2. The Hall–Kier alpha value is -2.11. The normalized spacial score (nSPS) is 17.8. The molecule has 6 heteroatoms. The number of amides is 1. The van der Waals surface area contributed by atoms with Gasteiger partial charge in [0.15, 0.2) is 0 Å². The second kappa shape index (κ2) is 6.56. The average molecular weight is 291 g/mol. The summed E-state index contributed by atoms with van der Waals surface area (Å²) in [7, 11) is 0. The van der Waals surface area contributed by atoms with Crippen molar-refractivity contribution in [3.05, 3.63) is 33.9 Å². The van der Waals surface area contributed by atoms with Gasteiger partial charge >= 0.3 is 0 Å². The molecule has 1 unspecified atom stereocenters. The lowest BCUT2D eigenvalue weighted by atomic mass is 10.1. The highest BCUT2D eigenvalue weighted by molar-refractivity contribution is 5.99. The molecule has 0 radical (unpaired) electrons. The second-order valence-corrected chi connectivity index (χ2v) is 5.22. The standard InChI is InChI=1S/C15H21N3O3/c1-3-12-6-5-9-17(12)15(19)13-10-11(16-4-2)7-8-14(13)18(20)21/h7-8,10,12,16H,3-6,9H2,1-2H3. The van der Waals surface area contributed by atoms with E-state index in [2.05, 4.69) is 5.32 Å². The van der Waals surface area contributed by atoms with E-state index in [0.717, 1.165) is 24.9 Å². The number of nitrogens with one attached hydrogen (secondary N) is 1. The van der Waals surface area contributed by atoms with Gasteiger partial charge in [-0.25, -0.2) is 0 Å². The highest BCUT2D eigenvalue weighted by Gasteiger charge is 2.32. The number of nitro benzene ring substituents is 1. The van der Waals surface area contributed by atoms with Gasteiger partial charge in [0.25, 0.3) is 11.6 Å². The molecule has 1 atom stereocenters. The summed E-state index contributed by atoms with van der Waals surface area (Å²) >= 11 is 0. The molecule has 1 amide bonds. The van der Waals surface area contributed by atoms with E-state index >= 15 is 0 Å². The van der Waals surface area contributed by atoms with Gasteiger partial charge in [-0.15, -0.1) is 0 Å². The monoisotopic (exact) mass is 291 g/mol. The van der Waals surface area contributed by atoms with Crippen LogP contribution in [-0.4, -0.2) is 34.9 Å². The number of rotatable bonds is 5. The number of carbonyl (C=O) groups excluding carboxylic acids is 1. The number of anilines is 1. The van der Waals surface area contributed by atoms with Gasteiger partial charge in [-0.2, -0.15) is 0 Å². The number of hydrogen-bond acceptors (Lipinski definition) is 4. The Morgan fingerprint density at radius 3 is 2.86 bits per heavy atom. The van der Waals surface area contributed by atoms with Crippen molar-refractivity contribution in [1.82, 2.24) is 4.90 Å².